The molecule has 2 heterocycles. The number of carboxylic acids is 1. The number of halogens is 1. The fraction of sp³-hybridized carbons (Fsp3) is 0.0870. The molecule has 0 aliphatic carbocycles. The van der Waals surface area contributed by atoms with Crippen LogP contribution < -0.4 is 0 Å². The number of fused-ring (bicyclic) bond motifs is 1. The molecular weight excluding hydrogens is 430 g/mol. The minimum absolute atomic E-state index is 0.206. The van der Waals surface area contributed by atoms with Gasteiger partial charge in [0.2, 0.25) is 0 Å². The molecule has 0 aliphatic heterocycles. The average Bonchev–Trinajstić information content (AvgIpc) is 3.13. The third-order valence-corrected chi connectivity index (χ3v) is 5.03. The van der Waals surface area contributed by atoms with Gasteiger partial charge in [0.1, 0.15) is 5.65 Å². The average molecular weight is 448 g/mol. The topological polar surface area (TPSA) is 67.0 Å². The van der Waals surface area contributed by atoms with E-state index in [2.05, 4.69) is 25.9 Å². The first kappa shape index (κ1) is 19.1. The van der Waals surface area contributed by atoms with Crippen LogP contribution in [0.25, 0.3) is 5.65 Å². The molecule has 5 nitrogen and oxygen atoms in total. The number of aliphatic imine (C=N–C) groups is 1. The number of aromatic nitrogens is 2. The SMILES string of the molecule is O=C(O)[C@H](Cc1cn2ccc(Br)cc2n1)N=C(c1ccccc1)c1ccccc1. The normalized spacial score (nSPS) is 11.9. The zero-order valence-electron chi connectivity index (χ0n) is 15.4. The van der Waals surface area contributed by atoms with Crippen molar-refractivity contribution in [3.8, 4) is 0 Å². The number of carboxylic acid groups (broad SMARTS) is 1. The minimum atomic E-state index is -0.979. The number of benzene rings is 2. The van der Waals surface area contributed by atoms with Crippen molar-refractivity contribution < 1.29 is 9.90 Å². The van der Waals surface area contributed by atoms with E-state index in [9.17, 15) is 9.90 Å². The van der Waals surface area contributed by atoms with E-state index in [4.69, 9.17) is 0 Å². The lowest BCUT2D eigenvalue weighted by atomic mass is 10.0. The minimum Gasteiger partial charge on any atom is -0.480 e. The van der Waals surface area contributed by atoms with Crippen molar-refractivity contribution >= 4 is 33.3 Å². The summed E-state index contributed by atoms with van der Waals surface area (Å²) in [6, 6.07) is 22.1. The van der Waals surface area contributed by atoms with E-state index in [1.54, 1.807) is 0 Å². The Bertz CT molecular complexity index is 1130. The molecule has 2 aromatic carbocycles. The van der Waals surface area contributed by atoms with Crippen LogP contribution in [0.3, 0.4) is 0 Å². The van der Waals surface area contributed by atoms with Crippen molar-refractivity contribution in [1.29, 1.82) is 0 Å². The van der Waals surface area contributed by atoms with Gasteiger partial charge in [0.05, 0.1) is 11.4 Å². The van der Waals surface area contributed by atoms with E-state index in [1.165, 1.54) is 0 Å². The van der Waals surface area contributed by atoms with Gasteiger partial charge in [0.15, 0.2) is 6.04 Å². The largest absolute Gasteiger partial charge is 0.480 e. The van der Waals surface area contributed by atoms with Crippen LogP contribution >= 0.6 is 15.9 Å². The van der Waals surface area contributed by atoms with Gasteiger partial charge in [0.25, 0.3) is 0 Å². The second kappa shape index (κ2) is 8.41. The van der Waals surface area contributed by atoms with E-state index in [0.717, 1.165) is 21.2 Å². The molecule has 0 spiro atoms. The van der Waals surface area contributed by atoms with E-state index >= 15 is 0 Å². The molecule has 29 heavy (non-hydrogen) atoms. The van der Waals surface area contributed by atoms with Crippen LogP contribution in [0.2, 0.25) is 0 Å². The molecule has 144 valence electrons. The lowest BCUT2D eigenvalue weighted by Crippen LogP contribution is -2.23. The molecule has 2 aromatic heterocycles. The Balaban J connectivity index is 1.73. The predicted molar refractivity (Wildman–Crippen MR) is 117 cm³/mol. The highest BCUT2D eigenvalue weighted by atomic mass is 79.9. The van der Waals surface area contributed by atoms with Gasteiger partial charge in [-0.15, -0.1) is 0 Å². The maximum Gasteiger partial charge on any atom is 0.328 e. The predicted octanol–water partition coefficient (Wildman–Crippen LogP) is 4.63. The van der Waals surface area contributed by atoms with Crippen molar-refractivity contribution in [2.45, 2.75) is 12.5 Å². The molecule has 6 heteroatoms. The van der Waals surface area contributed by atoms with Gasteiger partial charge < -0.3 is 9.51 Å². The number of imidazole rings is 1. The summed E-state index contributed by atoms with van der Waals surface area (Å²) in [7, 11) is 0. The van der Waals surface area contributed by atoms with Crippen molar-refractivity contribution in [3.63, 3.8) is 0 Å². The fourth-order valence-electron chi connectivity index (χ4n) is 3.16. The first-order valence-corrected chi connectivity index (χ1v) is 9.94. The summed E-state index contributed by atoms with van der Waals surface area (Å²) in [6.07, 6.45) is 3.93. The van der Waals surface area contributed by atoms with Crippen LogP contribution in [0, 0.1) is 0 Å². The summed E-state index contributed by atoms with van der Waals surface area (Å²) in [6.45, 7) is 0. The zero-order chi connectivity index (χ0) is 20.2. The van der Waals surface area contributed by atoms with Crippen LogP contribution in [-0.2, 0) is 11.2 Å². The molecule has 0 saturated carbocycles. The molecule has 4 rings (SSSR count). The van der Waals surface area contributed by atoms with Gasteiger partial charge in [-0.2, -0.15) is 0 Å². The number of aliphatic carboxylic acids is 1. The lowest BCUT2D eigenvalue weighted by molar-refractivity contribution is -0.138. The number of pyridine rings is 1. The summed E-state index contributed by atoms with van der Waals surface area (Å²) in [5.74, 6) is -0.979. The van der Waals surface area contributed by atoms with E-state index in [1.807, 2.05) is 89.6 Å². The third-order valence-electron chi connectivity index (χ3n) is 4.54. The first-order valence-electron chi connectivity index (χ1n) is 9.15. The van der Waals surface area contributed by atoms with Crippen LogP contribution in [0.5, 0.6) is 0 Å². The van der Waals surface area contributed by atoms with Gasteiger partial charge in [-0.05, 0) is 12.1 Å². The summed E-state index contributed by atoms with van der Waals surface area (Å²) in [5, 5.41) is 9.85. The highest BCUT2D eigenvalue weighted by Gasteiger charge is 2.21. The second-order valence-electron chi connectivity index (χ2n) is 6.61. The Kier molecular flexibility index (Phi) is 5.53. The second-order valence-corrected chi connectivity index (χ2v) is 7.53. The van der Waals surface area contributed by atoms with Crippen LogP contribution in [0.1, 0.15) is 16.8 Å². The van der Waals surface area contributed by atoms with Crippen LogP contribution in [-0.4, -0.2) is 32.2 Å². The summed E-state index contributed by atoms with van der Waals surface area (Å²) in [5.41, 5.74) is 3.85. The number of hydrogen-bond acceptors (Lipinski definition) is 3. The van der Waals surface area contributed by atoms with Gasteiger partial charge in [-0.3, -0.25) is 4.99 Å². The number of carbonyl (C=O) groups is 1. The Morgan fingerprint density at radius 3 is 2.24 bits per heavy atom. The van der Waals surface area contributed by atoms with Gasteiger partial charge in [-0.1, -0.05) is 76.6 Å². The van der Waals surface area contributed by atoms with Gasteiger partial charge in [-0.25, -0.2) is 9.78 Å². The summed E-state index contributed by atoms with van der Waals surface area (Å²) in [4.78, 5) is 21.2. The smallest absolute Gasteiger partial charge is 0.328 e. The highest BCUT2D eigenvalue weighted by molar-refractivity contribution is 9.10. The lowest BCUT2D eigenvalue weighted by Gasteiger charge is -2.12. The van der Waals surface area contributed by atoms with Gasteiger partial charge >= 0.3 is 5.97 Å². The quantitative estimate of drug-likeness (QED) is 0.438. The van der Waals surface area contributed by atoms with Crippen molar-refractivity contribution in [3.05, 3.63) is 106 Å². The maximum absolute atomic E-state index is 12.0. The highest BCUT2D eigenvalue weighted by Crippen LogP contribution is 2.17. The number of rotatable bonds is 6. The molecule has 1 atom stereocenters. The van der Waals surface area contributed by atoms with Gasteiger partial charge in [0, 0.05) is 34.4 Å². The Morgan fingerprint density at radius 2 is 1.66 bits per heavy atom. The molecule has 0 aliphatic rings. The Morgan fingerprint density at radius 1 is 1.03 bits per heavy atom. The zero-order valence-corrected chi connectivity index (χ0v) is 17.0. The van der Waals surface area contributed by atoms with E-state index < -0.39 is 12.0 Å². The molecule has 1 N–H and O–H groups in total. The standard InChI is InChI=1S/C23H18BrN3O2/c24-18-11-12-27-15-19(25-21(27)13-18)14-20(23(28)29)26-22(16-7-3-1-4-8-16)17-9-5-2-6-10-17/h1-13,15,20H,14H2,(H,28,29)/t20-/m0/s1. The van der Waals surface area contributed by atoms with Crippen molar-refractivity contribution in [1.82, 2.24) is 9.38 Å². The molecule has 0 saturated heterocycles. The van der Waals surface area contributed by atoms with E-state index in [-0.39, 0.29) is 6.42 Å². The molecular formula is C23H18BrN3O2. The Labute approximate surface area is 176 Å². The van der Waals surface area contributed by atoms with Crippen LogP contribution in [0.4, 0.5) is 0 Å². The fourth-order valence-corrected chi connectivity index (χ4v) is 3.48. The Hall–Kier alpha value is -3.25. The van der Waals surface area contributed by atoms with Crippen molar-refractivity contribution in [2.75, 3.05) is 0 Å². The summed E-state index contributed by atoms with van der Waals surface area (Å²) < 4.78 is 2.79. The molecule has 0 fully saturated rings. The number of hydrogen-bond donors (Lipinski definition) is 1. The summed E-state index contributed by atoms with van der Waals surface area (Å²) >= 11 is 3.43. The monoisotopic (exact) mass is 447 g/mol. The first-order chi connectivity index (χ1) is 14.1. The number of nitrogens with zero attached hydrogens (tertiary/aromatic N) is 3. The molecule has 0 bridgehead atoms. The molecule has 4 aromatic rings. The van der Waals surface area contributed by atoms with Crippen LogP contribution in [0.15, 0.2) is 94.7 Å². The third kappa shape index (κ3) is 4.43. The maximum atomic E-state index is 12.0. The van der Waals surface area contributed by atoms with Crippen molar-refractivity contribution in [2.24, 2.45) is 4.99 Å². The molecule has 0 amide bonds. The van der Waals surface area contributed by atoms with E-state index in [0.29, 0.717) is 11.4 Å². The molecule has 0 radical (unpaired) electrons. The molecule has 0 unspecified atom stereocenters.